The molecule has 2 heteroatoms. The number of nitrogens with one attached hydrogen (secondary N) is 1. The van der Waals surface area contributed by atoms with Crippen LogP contribution in [0.25, 0.3) is 0 Å². The Hall–Kier alpha value is -1.57. The lowest BCUT2D eigenvalue weighted by molar-refractivity contribution is -0.118. The molecule has 0 atom stereocenters. The fourth-order valence-corrected chi connectivity index (χ4v) is 3.69. The van der Waals surface area contributed by atoms with E-state index in [1.165, 1.54) is 37.7 Å². The van der Waals surface area contributed by atoms with E-state index in [4.69, 9.17) is 0 Å². The van der Waals surface area contributed by atoms with Crippen LogP contribution >= 0.6 is 0 Å². The third-order valence-electron chi connectivity index (χ3n) is 4.72. The van der Waals surface area contributed by atoms with Gasteiger partial charge in [0, 0.05) is 23.9 Å². The molecular formula is C18H23NO. The molecule has 20 heavy (non-hydrogen) atoms. The highest BCUT2D eigenvalue weighted by Crippen LogP contribution is 2.46. The average Bonchev–Trinajstić information content (AvgIpc) is 2.41. The van der Waals surface area contributed by atoms with Crippen LogP contribution in [0.2, 0.25) is 0 Å². The minimum absolute atomic E-state index is 0.247. The third kappa shape index (κ3) is 2.95. The molecule has 1 N–H and O–H groups in total. The van der Waals surface area contributed by atoms with Crippen LogP contribution in [0.5, 0.6) is 0 Å². The SMILES string of the molecule is Cc1ccc(NC2=CC(=O)CC3(CCCCC3)C2)cc1. The Bertz CT molecular complexity index is 521. The molecule has 1 aromatic carbocycles. The molecule has 1 fully saturated rings. The molecule has 0 heterocycles. The zero-order chi connectivity index (χ0) is 14.0. The Labute approximate surface area is 121 Å². The maximum atomic E-state index is 12.1. The molecule has 3 rings (SSSR count). The molecule has 0 aromatic heterocycles. The van der Waals surface area contributed by atoms with Gasteiger partial charge in [-0.25, -0.2) is 0 Å². The normalized spacial score (nSPS) is 21.6. The predicted octanol–water partition coefficient (Wildman–Crippen LogP) is 4.60. The summed E-state index contributed by atoms with van der Waals surface area (Å²) in [6.07, 6.45) is 9.94. The number of benzene rings is 1. The van der Waals surface area contributed by atoms with Crippen LogP contribution in [0.3, 0.4) is 0 Å². The molecule has 0 bridgehead atoms. The Morgan fingerprint density at radius 1 is 1.00 bits per heavy atom. The monoisotopic (exact) mass is 269 g/mol. The molecule has 0 saturated heterocycles. The number of hydrogen-bond donors (Lipinski definition) is 1. The van der Waals surface area contributed by atoms with Crippen LogP contribution in [0.15, 0.2) is 36.0 Å². The number of allylic oxidation sites excluding steroid dienone is 2. The van der Waals surface area contributed by atoms with Gasteiger partial charge in [-0.15, -0.1) is 0 Å². The summed E-state index contributed by atoms with van der Waals surface area (Å²) in [6, 6.07) is 8.37. The first kappa shape index (κ1) is 13.4. The highest BCUT2D eigenvalue weighted by atomic mass is 16.1. The van der Waals surface area contributed by atoms with Gasteiger partial charge in [-0.05, 0) is 43.7 Å². The van der Waals surface area contributed by atoms with Crippen molar-refractivity contribution in [3.8, 4) is 0 Å². The second-order valence-electron chi connectivity index (χ2n) is 6.54. The predicted molar refractivity (Wildman–Crippen MR) is 82.6 cm³/mol. The molecule has 2 aliphatic carbocycles. The van der Waals surface area contributed by atoms with Crippen molar-refractivity contribution in [3.63, 3.8) is 0 Å². The van der Waals surface area contributed by atoms with Crippen LogP contribution < -0.4 is 5.32 Å². The molecular weight excluding hydrogens is 246 g/mol. The van der Waals surface area contributed by atoms with E-state index in [0.717, 1.165) is 24.2 Å². The van der Waals surface area contributed by atoms with E-state index in [-0.39, 0.29) is 5.41 Å². The number of carbonyl (C=O) groups is 1. The molecule has 0 amide bonds. The summed E-state index contributed by atoms with van der Waals surface area (Å²) in [6.45, 7) is 2.09. The standard InChI is InChI=1S/C18H23NO/c1-14-5-7-15(8-6-14)19-16-11-17(20)13-18(12-16)9-3-2-4-10-18/h5-8,11,19H,2-4,9-10,12-13H2,1H3. The van der Waals surface area contributed by atoms with Gasteiger partial charge in [0.1, 0.15) is 0 Å². The first-order chi connectivity index (χ1) is 9.65. The van der Waals surface area contributed by atoms with Crippen molar-refractivity contribution in [1.82, 2.24) is 0 Å². The topological polar surface area (TPSA) is 29.1 Å². The van der Waals surface area contributed by atoms with Crippen molar-refractivity contribution in [2.24, 2.45) is 5.41 Å². The molecule has 1 spiro atoms. The number of rotatable bonds is 2. The highest BCUT2D eigenvalue weighted by Gasteiger charge is 2.37. The lowest BCUT2D eigenvalue weighted by atomic mass is 9.66. The lowest BCUT2D eigenvalue weighted by Crippen LogP contribution is -2.32. The van der Waals surface area contributed by atoms with E-state index in [1.807, 2.05) is 6.08 Å². The van der Waals surface area contributed by atoms with Gasteiger partial charge in [0.15, 0.2) is 5.78 Å². The average molecular weight is 269 g/mol. The molecule has 2 nitrogen and oxygen atoms in total. The van der Waals surface area contributed by atoms with Gasteiger partial charge >= 0.3 is 0 Å². The molecule has 0 aliphatic heterocycles. The van der Waals surface area contributed by atoms with Crippen LogP contribution in [0.1, 0.15) is 50.5 Å². The summed E-state index contributed by atoms with van der Waals surface area (Å²) in [7, 11) is 0. The smallest absolute Gasteiger partial charge is 0.157 e. The van der Waals surface area contributed by atoms with E-state index in [9.17, 15) is 4.79 Å². The van der Waals surface area contributed by atoms with Crippen LogP contribution in [-0.2, 0) is 4.79 Å². The summed E-state index contributed by atoms with van der Waals surface area (Å²) in [4.78, 5) is 12.1. The van der Waals surface area contributed by atoms with Crippen molar-refractivity contribution >= 4 is 11.5 Å². The van der Waals surface area contributed by atoms with Gasteiger partial charge in [0.2, 0.25) is 0 Å². The minimum Gasteiger partial charge on any atom is -0.359 e. The Balaban J connectivity index is 1.75. The molecule has 1 aromatic rings. The maximum absolute atomic E-state index is 12.1. The van der Waals surface area contributed by atoms with Crippen molar-refractivity contribution in [2.45, 2.75) is 51.9 Å². The van der Waals surface area contributed by atoms with Crippen LogP contribution in [0, 0.1) is 12.3 Å². The Morgan fingerprint density at radius 3 is 2.40 bits per heavy atom. The fraction of sp³-hybridized carbons (Fsp3) is 0.500. The largest absolute Gasteiger partial charge is 0.359 e. The number of ketones is 1. The number of anilines is 1. The Kier molecular flexibility index (Phi) is 3.64. The number of carbonyl (C=O) groups excluding carboxylic acids is 1. The first-order valence-electron chi connectivity index (χ1n) is 7.72. The van der Waals surface area contributed by atoms with Gasteiger partial charge in [-0.1, -0.05) is 37.0 Å². The molecule has 0 unspecified atom stereocenters. The van der Waals surface area contributed by atoms with E-state index in [0.29, 0.717) is 5.78 Å². The quantitative estimate of drug-likeness (QED) is 0.849. The summed E-state index contributed by atoms with van der Waals surface area (Å²) in [5.74, 6) is 0.299. The van der Waals surface area contributed by atoms with Gasteiger partial charge in [0.25, 0.3) is 0 Å². The third-order valence-corrected chi connectivity index (χ3v) is 4.72. The molecule has 2 aliphatic rings. The van der Waals surface area contributed by atoms with E-state index < -0.39 is 0 Å². The fourth-order valence-electron chi connectivity index (χ4n) is 3.69. The van der Waals surface area contributed by atoms with Crippen LogP contribution in [-0.4, -0.2) is 5.78 Å². The lowest BCUT2D eigenvalue weighted by Gasteiger charge is -2.39. The summed E-state index contributed by atoms with van der Waals surface area (Å²) < 4.78 is 0. The second kappa shape index (κ2) is 5.43. The zero-order valence-corrected chi connectivity index (χ0v) is 12.2. The highest BCUT2D eigenvalue weighted by molar-refractivity contribution is 5.92. The van der Waals surface area contributed by atoms with E-state index >= 15 is 0 Å². The number of aryl methyl sites for hydroxylation is 1. The zero-order valence-electron chi connectivity index (χ0n) is 12.2. The van der Waals surface area contributed by atoms with Gasteiger partial charge in [-0.3, -0.25) is 4.79 Å². The molecule has 0 radical (unpaired) electrons. The molecule has 1 saturated carbocycles. The summed E-state index contributed by atoms with van der Waals surface area (Å²) in [5, 5.41) is 3.45. The number of hydrogen-bond acceptors (Lipinski definition) is 2. The van der Waals surface area contributed by atoms with Crippen molar-refractivity contribution in [2.75, 3.05) is 5.32 Å². The van der Waals surface area contributed by atoms with Crippen molar-refractivity contribution in [1.29, 1.82) is 0 Å². The van der Waals surface area contributed by atoms with Crippen LogP contribution in [0.4, 0.5) is 5.69 Å². The van der Waals surface area contributed by atoms with E-state index in [1.54, 1.807) is 0 Å². The maximum Gasteiger partial charge on any atom is 0.157 e. The van der Waals surface area contributed by atoms with Crippen molar-refractivity contribution < 1.29 is 4.79 Å². The van der Waals surface area contributed by atoms with Gasteiger partial charge in [-0.2, -0.15) is 0 Å². The summed E-state index contributed by atoms with van der Waals surface area (Å²) >= 11 is 0. The van der Waals surface area contributed by atoms with E-state index in [2.05, 4.69) is 36.5 Å². The summed E-state index contributed by atoms with van der Waals surface area (Å²) in [5.41, 5.74) is 3.69. The minimum atomic E-state index is 0.247. The van der Waals surface area contributed by atoms with Gasteiger partial charge < -0.3 is 5.32 Å². The Morgan fingerprint density at radius 2 is 1.70 bits per heavy atom. The first-order valence-corrected chi connectivity index (χ1v) is 7.72. The van der Waals surface area contributed by atoms with Gasteiger partial charge in [0.05, 0.1) is 0 Å². The molecule has 106 valence electrons. The second-order valence-corrected chi connectivity index (χ2v) is 6.54. The van der Waals surface area contributed by atoms with Crippen molar-refractivity contribution in [3.05, 3.63) is 41.6 Å².